The standard InChI is InChI=1S/C24H38N4O3/c1-6-20-23(19(5)29)18(4)25-24(20)21(30)14-26-7-9-27(10-8-26)15-22(31)28-12-16(2)11-17(3)13-28/h16-17,25H,6-15H2,1-5H3/t16-,17-/m0/s1. The van der Waals surface area contributed by atoms with Gasteiger partial charge in [0.1, 0.15) is 0 Å². The molecule has 3 rings (SSSR count). The molecule has 0 saturated carbocycles. The molecular weight excluding hydrogens is 392 g/mol. The van der Waals surface area contributed by atoms with Crippen molar-refractivity contribution in [2.75, 3.05) is 52.4 Å². The number of nitrogens with zero attached hydrogens (tertiary/aromatic N) is 3. The van der Waals surface area contributed by atoms with E-state index in [4.69, 9.17) is 0 Å². The van der Waals surface area contributed by atoms with E-state index in [0.717, 1.165) is 50.5 Å². The normalized spacial score (nSPS) is 23.2. The first-order valence-electron chi connectivity index (χ1n) is 11.7. The van der Waals surface area contributed by atoms with Gasteiger partial charge in [-0.1, -0.05) is 20.8 Å². The molecule has 0 bridgehead atoms. The van der Waals surface area contributed by atoms with E-state index in [1.165, 1.54) is 6.42 Å². The van der Waals surface area contributed by atoms with E-state index in [1.807, 2.05) is 18.7 Å². The molecule has 0 spiro atoms. The maximum absolute atomic E-state index is 12.9. The van der Waals surface area contributed by atoms with Crippen molar-refractivity contribution in [2.24, 2.45) is 11.8 Å². The van der Waals surface area contributed by atoms with Crippen LogP contribution in [0.4, 0.5) is 0 Å². The Morgan fingerprint density at radius 2 is 1.52 bits per heavy atom. The van der Waals surface area contributed by atoms with Crippen LogP contribution in [0.1, 0.15) is 66.2 Å². The molecule has 1 aromatic heterocycles. The lowest BCUT2D eigenvalue weighted by Crippen LogP contribution is -2.52. The van der Waals surface area contributed by atoms with Crippen molar-refractivity contribution in [3.05, 3.63) is 22.5 Å². The molecule has 1 amide bonds. The van der Waals surface area contributed by atoms with E-state index in [0.29, 0.717) is 42.6 Å². The molecule has 2 aliphatic rings. The number of piperidine rings is 1. The molecule has 1 N–H and O–H groups in total. The molecule has 0 aromatic carbocycles. The van der Waals surface area contributed by atoms with Gasteiger partial charge in [-0.05, 0) is 44.1 Å². The van der Waals surface area contributed by atoms with Crippen LogP contribution >= 0.6 is 0 Å². The number of likely N-dealkylation sites (tertiary alicyclic amines) is 1. The van der Waals surface area contributed by atoms with Crippen LogP contribution < -0.4 is 0 Å². The topological polar surface area (TPSA) is 76.7 Å². The minimum atomic E-state index is 0.000393. The van der Waals surface area contributed by atoms with Crippen LogP contribution in [0.15, 0.2) is 0 Å². The van der Waals surface area contributed by atoms with Crippen LogP contribution in [0.2, 0.25) is 0 Å². The minimum absolute atomic E-state index is 0.000393. The number of aromatic nitrogens is 1. The predicted octanol–water partition coefficient (Wildman–Crippen LogP) is 2.39. The Morgan fingerprint density at radius 3 is 2.03 bits per heavy atom. The van der Waals surface area contributed by atoms with E-state index >= 15 is 0 Å². The molecule has 3 heterocycles. The van der Waals surface area contributed by atoms with Gasteiger partial charge in [-0.15, -0.1) is 0 Å². The molecule has 2 aliphatic heterocycles. The van der Waals surface area contributed by atoms with Crippen molar-refractivity contribution < 1.29 is 14.4 Å². The summed E-state index contributed by atoms with van der Waals surface area (Å²) in [6.07, 6.45) is 1.86. The lowest BCUT2D eigenvalue weighted by atomic mass is 9.92. The van der Waals surface area contributed by atoms with Crippen LogP contribution in [0.5, 0.6) is 0 Å². The lowest BCUT2D eigenvalue weighted by molar-refractivity contribution is -0.135. The quantitative estimate of drug-likeness (QED) is 0.672. The van der Waals surface area contributed by atoms with Gasteiger partial charge in [0, 0.05) is 50.5 Å². The molecule has 7 nitrogen and oxygen atoms in total. The number of carbonyl (C=O) groups is 3. The van der Waals surface area contributed by atoms with Gasteiger partial charge in [-0.2, -0.15) is 0 Å². The fourth-order valence-corrected chi connectivity index (χ4v) is 5.29. The summed E-state index contributed by atoms with van der Waals surface area (Å²) >= 11 is 0. The molecule has 172 valence electrons. The SMILES string of the molecule is CCc1c(C(=O)CN2CCN(CC(=O)N3C[C@@H](C)C[C@H](C)C3)CC2)[nH]c(C)c1C(C)=O. The molecule has 31 heavy (non-hydrogen) atoms. The monoisotopic (exact) mass is 430 g/mol. The Kier molecular flexibility index (Phi) is 7.70. The molecular formula is C24H38N4O3. The summed E-state index contributed by atoms with van der Waals surface area (Å²) in [5, 5.41) is 0. The van der Waals surface area contributed by atoms with Gasteiger partial charge in [0.15, 0.2) is 11.6 Å². The highest BCUT2D eigenvalue weighted by Gasteiger charge is 2.28. The molecule has 7 heteroatoms. The van der Waals surface area contributed by atoms with Gasteiger partial charge in [-0.25, -0.2) is 0 Å². The molecule has 0 unspecified atom stereocenters. The number of ketones is 2. The molecule has 2 saturated heterocycles. The number of Topliss-reactive ketones (excluding diaryl/α,β-unsaturated/α-hetero) is 2. The summed E-state index contributed by atoms with van der Waals surface area (Å²) in [6.45, 7) is 15.5. The largest absolute Gasteiger partial charge is 0.355 e. The van der Waals surface area contributed by atoms with Crippen molar-refractivity contribution in [1.29, 1.82) is 0 Å². The van der Waals surface area contributed by atoms with Crippen molar-refractivity contribution in [3.8, 4) is 0 Å². The van der Waals surface area contributed by atoms with Crippen LogP contribution in [-0.4, -0.2) is 89.5 Å². The zero-order valence-corrected chi connectivity index (χ0v) is 19.8. The van der Waals surface area contributed by atoms with Crippen LogP contribution in [0.3, 0.4) is 0 Å². The van der Waals surface area contributed by atoms with E-state index < -0.39 is 0 Å². The second-order valence-corrected chi connectivity index (χ2v) is 9.61. The van der Waals surface area contributed by atoms with Gasteiger partial charge >= 0.3 is 0 Å². The van der Waals surface area contributed by atoms with Crippen molar-refractivity contribution >= 4 is 17.5 Å². The fourth-order valence-electron chi connectivity index (χ4n) is 5.29. The Labute approximate surface area is 186 Å². The Balaban J connectivity index is 1.51. The van der Waals surface area contributed by atoms with Crippen molar-refractivity contribution in [1.82, 2.24) is 19.7 Å². The first-order chi connectivity index (χ1) is 14.7. The van der Waals surface area contributed by atoms with E-state index in [-0.39, 0.29) is 17.5 Å². The van der Waals surface area contributed by atoms with Crippen LogP contribution in [-0.2, 0) is 11.2 Å². The van der Waals surface area contributed by atoms with Gasteiger partial charge in [0.25, 0.3) is 0 Å². The number of rotatable bonds is 7. The summed E-state index contributed by atoms with van der Waals surface area (Å²) in [5.74, 6) is 1.41. The number of piperazine rings is 1. The Bertz CT molecular complexity index is 813. The zero-order chi connectivity index (χ0) is 22.7. The first kappa shape index (κ1) is 23.7. The Morgan fingerprint density at radius 1 is 0.968 bits per heavy atom. The maximum atomic E-state index is 12.9. The number of aryl methyl sites for hydroxylation is 1. The zero-order valence-electron chi connectivity index (χ0n) is 19.8. The number of nitrogens with one attached hydrogen (secondary N) is 1. The number of amides is 1. The van der Waals surface area contributed by atoms with Crippen molar-refractivity contribution in [2.45, 2.75) is 47.5 Å². The molecule has 2 atom stereocenters. The number of hydrogen-bond donors (Lipinski definition) is 1. The molecule has 0 aliphatic carbocycles. The highest BCUT2D eigenvalue weighted by molar-refractivity contribution is 6.04. The third kappa shape index (κ3) is 5.63. The minimum Gasteiger partial charge on any atom is -0.355 e. The van der Waals surface area contributed by atoms with E-state index in [2.05, 4.69) is 28.6 Å². The van der Waals surface area contributed by atoms with E-state index in [1.54, 1.807) is 6.92 Å². The number of carbonyl (C=O) groups excluding carboxylic acids is 3. The van der Waals surface area contributed by atoms with Gasteiger partial charge in [-0.3, -0.25) is 24.2 Å². The molecule has 1 aromatic rings. The third-order valence-corrected chi connectivity index (χ3v) is 6.69. The number of aromatic amines is 1. The lowest BCUT2D eigenvalue weighted by Gasteiger charge is -2.38. The summed E-state index contributed by atoms with van der Waals surface area (Å²) < 4.78 is 0. The number of hydrogen-bond acceptors (Lipinski definition) is 5. The summed E-state index contributed by atoms with van der Waals surface area (Å²) in [6, 6.07) is 0. The Hall–Kier alpha value is -1.99. The predicted molar refractivity (Wildman–Crippen MR) is 122 cm³/mol. The van der Waals surface area contributed by atoms with Crippen LogP contribution in [0, 0.1) is 18.8 Å². The highest BCUT2D eigenvalue weighted by Crippen LogP contribution is 2.22. The summed E-state index contributed by atoms with van der Waals surface area (Å²) in [5.41, 5.74) is 2.85. The second kappa shape index (κ2) is 10.1. The molecule has 0 radical (unpaired) electrons. The van der Waals surface area contributed by atoms with Crippen LogP contribution in [0.25, 0.3) is 0 Å². The number of H-pyrrole nitrogens is 1. The fraction of sp³-hybridized carbons (Fsp3) is 0.708. The average Bonchev–Trinajstić information content (AvgIpc) is 3.05. The third-order valence-electron chi connectivity index (χ3n) is 6.69. The van der Waals surface area contributed by atoms with E-state index in [9.17, 15) is 14.4 Å². The van der Waals surface area contributed by atoms with Gasteiger partial charge in [0.05, 0.1) is 18.8 Å². The highest BCUT2D eigenvalue weighted by atomic mass is 16.2. The van der Waals surface area contributed by atoms with Gasteiger partial charge in [0.2, 0.25) is 5.91 Å². The smallest absolute Gasteiger partial charge is 0.236 e. The summed E-state index contributed by atoms with van der Waals surface area (Å²) in [4.78, 5) is 47.2. The summed E-state index contributed by atoms with van der Waals surface area (Å²) in [7, 11) is 0. The maximum Gasteiger partial charge on any atom is 0.236 e. The average molecular weight is 431 g/mol. The van der Waals surface area contributed by atoms with Gasteiger partial charge < -0.3 is 9.88 Å². The first-order valence-corrected chi connectivity index (χ1v) is 11.7. The molecule has 2 fully saturated rings. The second-order valence-electron chi connectivity index (χ2n) is 9.61. The van der Waals surface area contributed by atoms with Crippen molar-refractivity contribution in [3.63, 3.8) is 0 Å².